The van der Waals surface area contributed by atoms with Crippen LogP contribution >= 0.6 is 34.5 Å². The molecule has 2 heterocycles. The molecule has 116 valence electrons. The van der Waals surface area contributed by atoms with Gasteiger partial charge in [-0.1, -0.05) is 23.2 Å². The first-order valence-electron chi connectivity index (χ1n) is 6.79. The second-order valence-corrected chi connectivity index (χ2v) is 6.56. The summed E-state index contributed by atoms with van der Waals surface area (Å²) in [6.07, 6.45) is 1.79. The Bertz CT molecular complexity index is 657. The molecule has 3 rings (SSSR count). The molecular formula is C14H14Cl2N4OS. The number of urea groups is 1. The molecule has 1 fully saturated rings. The molecule has 22 heavy (non-hydrogen) atoms. The van der Waals surface area contributed by atoms with Crippen LogP contribution in [0.5, 0.6) is 0 Å². The number of rotatable bonds is 2. The van der Waals surface area contributed by atoms with Gasteiger partial charge in [0.1, 0.15) is 0 Å². The van der Waals surface area contributed by atoms with Crippen molar-refractivity contribution >= 4 is 51.4 Å². The molecular weight excluding hydrogens is 343 g/mol. The predicted molar refractivity (Wildman–Crippen MR) is 91.4 cm³/mol. The molecule has 0 aliphatic carbocycles. The van der Waals surface area contributed by atoms with E-state index in [1.807, 2.05) is 5.38 Å². The van der Waals surface area contributed by atoms with Gasteiger partial charge < -0.3 is 15.1 Å². The highest BCUT2D eigenvalue weighted by Crippen LogP contribution is 2.26. The number of hydrogen-bond acceptors (Lipinski definition) is 4. The van der Waals surface area contributed by atoms with Crippen LogP contribution in [-0.4, -0.2) is 42.1 Å². The summed E-state index contributed by atoms with van der Waals surface area (Å²) < 4.78 is 0. The molecule has 1 N–H and O–H groups in total. The van der Waals surface area contributed by atoms with Gasteiger partial charge in [-0.2, -0.15) is 0 Å². The third-order valence-corrected chi connectivity index (χ3v) is 4.81. The van der Waals surface area contributed by atoms with Gasteiger partial charge in [0.15, 0.2) is 5.13 Å². The number of aromatic nitrogens is 1. The Kier molecular flexibility index (Phi) is 4.71. The van der Waals surface area contributed by atoms with Gasteiger partial charge in [-0.3, -0.25) is 0 Å². The number of anilines is 2. The molecule has 1 aromatic carbocycles. The van der Waals surface area contributed by atoms with Gasteiger partial charge in [-0.15, -0.1) is 11.3 Å². The van der Waals surface area contributed by atoms with Crippen LogP contribution in [0.25, 0.3) is 0 Å². The van der Waals surface area contributed by atoms with Crippen molar-refractivity contribution in [2.24, 2.45) is 0 Å². The van der Waals surface area contributed by atoms with Crippen LogP contribution in [-0.2, 0) is 0 Å². The van der Waals surface area contributed by atoms with Crippen LogP contribution in [0.1, 0.15) is 0 Å². The number of hydrogen-bond donors (Lipinski definition) is 1. The van der Waals surface area contributed by atoms with Crippen LogP contribution in [0.2, 0.25) is 10.0 Å². The standard InChI is InChI=1S/C14H14Cl2N4OS/c15-10-1-2-12(11(16)9-10)18-13(21)19-4-6-20(7-5-19)14-17-3-8-22-14/h1-3,8-9H,4-7H2,(H,18,21). The number of benzene rings is 1. The van der Waals surface area contributed by atoms with E-state index in [1.54, 1.807) is 40.6 Å². The fourth-order valence-electron chi connectivity index (χ4n) is 2.26. The van der Waals surface area contributed by atoms with E-state index in [0.717, 1.165) is 18.2 Å². The Labute approximate surface area is 142 Å². The summed E-state index contributed by atoms with van der Waals surface area (Å²) in [6.45, 7) is 2.85. The number of thiazole rings is 1. The summed E-state index contributed by atoms with van der Waals surface area (Å²) in [4.78, 5) is 20.5. The molecule has 5 nitrogen and oxygen atoms in total. The normalized spacial score (nSPS) is 15.0. The summed E-state index contributed by atoms with van der Waals surface area (Å²) >= 11 is 13.5. The molecule has 1 aliphatic rings. The average Bonchev–Trinajstić information content (AvgIpc) is 3.04. The van der Waals surface area contributed by atoms with Gasteiger partial charge in [0.2, 0.25) is 0 Å². The molecule has 0 spiro atoms. The van der Waals surface area contributed by atoms with Crippen LogP contribution in [0.15, 0.2) is 29.8 Å². The molecule has 0 atom stereocenters. The van der Waals surface area contributed by atoms with Gasteiger partial charge in [0.25, 0.3) is 0 Å². The number of nitrogens with zero attached hydrogens (tertiary/aromatic N) is 3. The first kappa shape index (κ1) is 15.4. The lowest BCUT2D eigenvalue weighted by atomic mass is 10.3. The highest BCUT2D eigenvalue weighted by molar-refractivity contribution is 7.13. The third kappa shape index (κ3) is 3.45. The Morgan fingerprint density at radius 1 is 1.23 bits per heavy atom. The number of piperazine rings is 1. The number of nitrogens with one attached hydrogen (secondary N) is 1. The Balaban J connectivity index is 1.58. The highest BCUT2D eigenvalue weighted by Gasteiger charge is 2.22. The van der Waals surface area contributed by atoms with Crippen LogP contribution in [0, 0.1) is 0 Å². The van der Waals surface area contributed by atoms with Crippen LogP contribution in [0.4, 0.5) is 15.6 Å². The lowest BCUT2D eigenvalue weighted by Gasteiger charge is -2.34. The predicted octanol–water partition coefficient (Wildman–Crippen LogP) is 3.80. The van der Waals surface area contributed by atoms with Crippen molar-refractivity contribution in [1.29, 1.82) is 0 Å². The van der Waals surface area contributed by atoms with Gasteiger partial charge in [-0.25, -0.2) is 9.78 Å². The largest absolute Gasteiger partial charge is 0.345 e. The van der Waals surface area contributed by atoms with Gasteiger partial charge in [-0.05, 0) is 18.2 Å². The Hall–Kier alpha value is -1.50. The molecule has 0 bridgehead atoms. The molecule has 1 saturated heterocycles. The Morgan fingerprint density at radius 3 is 2.64 bits per heavy atom. The van der Waals surface area contributed by atoms with E-state index >= 15 is 0 Å². The summed E-state index contributed by atoms with van der Waals surface area (Å²) in [5.41, 5.74) is 0.568. The summed E-state index contributed by atoms with van der Waals surface area (Å²) in [7, 11) is 0. The molecule has 1 aliphatic heterocycles. The summed E-state index contributed by atoms with van der Waals surface area (Å²) in [6, 6.07) is 4.86. The summed E-state index contributed by atoms with van der Waals surface area (Å²) in [5.74, 6) is 0. The number of carbonyl (C=O) groups excluding carboxylic acids is 1. The maximum absolute atomic E-state index is 12.3. The number of carbonyl (C=O) groups is 1. The Morgan fingerprint density at radius 2 is 2.00 bits per heavy atom. The van der Waals surface area contributed by atoms with Gasteiger partial charge >= 0.3 is 6.03 Å². The number of amides is 2. The SMILES string of the molecule is O=C(Nc1ccc(Cl)cc1Cl)N1CCN(c2nccs2)CC1. The molecule has 1 aromatic heterocycles. The number of halogens is 2. The maximum atomic E-state index is 12.3. The molecule has 0 unspecified atom stereocenters. The zero-order valence-electron chi connectivity index (χ0n) is 11.6. The molecule has 0 radical (unpaired) electrons. The van der Waals surface area contributed by atoms with Crippen molar-refractivity contribution in [1.82, 2.24) is 9.88 Å². The highest BCUT2D eigenvalue weighted by atomic mass is 35.5. The summed E-state index contributed by atoms with van der Waals surface area (Å²) in [5, 5.41) is 6.75. The van der Waals surface area contributed by atoms with Crippen molar-refractivity contribution in [3.8, 4) is 0 Å². The van der Waals surface area contributed by atoms with Crippen LogP contribution < -0.4 is 10.2 Å². The first-order chi connectivity index (χ1) is 10.6. The quantitative estimate of drug-likeness (QED) is 0.889. The van der Waals surface area contributed by atoms with Crippen molar-refractivity contribution in [2.75, 3.05) is 36.4 Å². The van der Waals surface area contributed by atoms with E-state index < -0.39 is 0 Å². The van der Waals surface area contributed by atoms with Gasteiger partial charge in [0, 0.05) is 42.8 Å². The monoisotopic (exact) mass is 356 g/mol. The minimum atomic E-state index is -0.150. The topological polar surface area (TPSA) is 48.5 Å². The van der Waals surface area contributed by atoms with E-state index in [-0.39, 0.29) is 6.03 Å². The zero-order valence-corrected chi connectivity index (χ0v) is 14.0. The molecule has 2 aromatic rings. The second-order valence-electron chi connectivity index (χ2n) is 4.84. The lowest BCUT2D eigenvalue weighted by molar-refractivity contribution is 0.208. The van der Waals surface area contributed by atoms with E-state index in [4.69, 9.17) is 23.2 Å². The zero-order chi connectivity index (χ0) is 15.5. The van der Waals surface area contributed by atoms with E-state index in [0.29, 0.717) is 28.8 Å². The maximum Gasteiger partial charge on any atom is 0.322 e. The van der Waals surface area contributed by atoms with Crippen molar-refractivity contribution in [2.45, 2.75) is 0 Å². The van der Waals surface area contributed by atoms with Crippen molar-refractivity contribution in [3.63, 3.8) is 0 Å². The fraction of sp³-hybridized carbons (Fsp3) is 0.286. The average molecular weight is 357 g/mol. The van der Waals surface area contributed by atoms with Gasteiger partial charge in [0.05, 0.1) is 10.7 Å². The van der Waals surface area contributed by atoms with E-state index in [1.165, 1.54) is 0 Å². The van der Waals surface area contributed by atoms with E-state index in [9.17, 15) is 4.79 Å². The van der Waals surface area contributed by atoms with E-state index in [2.05, 4.69) is 15.2 Å². The molecule has 8 heteroatoms. The molecule has 2 amide bonds. The van der Waals surface area contributed by atoms with Crippen LogP contribution in [0.3, 0.4) is 0 Å². The fourth-order valence-corrected chi connectivity index (χ4v) is 3.41. The lowest BCUT2D eigenvalue weighted by Crippen LogP contribution is -2.50. The van der Waals surface area contributed by atoms with Crippen molar-refractivity contribution in [3.05, 3.63) is 39.8 Å². The third-order valence-electron chi connectivity index (χ3n) is 3.43. The smallest absolute Gasteiger partial charge is 0.322 e. The second kappa shape index (κ2) is 6.73. The minimum Gasteiger partial charge on any atom is -0.345 e. The molecule has 0 saturated carbocycles. The first-order valence-corrected chi connectivity index (χ1v) is 8.42. The van der Waals surface area contributed by atoms with Crippen molar-refractivity contribution < 1.29 is 4.79 Å². The minimum absolute atomic E-state index is 0.150.